The number of ketones is 1. The minimum atomic E-state index is -0.253. The number of carbonyl (C=O) groups excluding carboxylic acids is 2. The highest BCUT2D eigenvalue weighted by molar-refractivity contribution is 5.86. The van der Waals surface area contributed by atoms with Crippen LogP contribution in [0.25, 0.3) is 0 Å². The molecule has 5 aliphatic rings. The number of aliphatic hydroxyl groups excluding tert-OH is 1. The molecule has 0 bridgehead atoms. The zero-order chi connectivity index (χ0) is 23.2. The maximum absolute atomic E-state index is 13.7. The van der Waals surface area contributed by atoms with Crippen molar-refractivity contribution in [3.8, 4) is 0 Å². The highest BCUT2D eigenvalue weighted by atomic mass is 16.5. The molecule has 0 aromatic rings. The van der Waals surface area contributed by atoms with Gasteiger partial charge in [-0.05, 0) is 80.0 Å². The van der Waals surface area contributed by atoms with E-state index in [1.807, 2.05) is 0 Å². The first-order valence-electron chi connectivity index (χ1n) is 13.5. The topological polar surface area (TPSA) is 76.1 Å². The molecule has 0 aromatic heterocycles. The Morgan fingerprint density at radius 2 is 1.91 bits per heavy atom. The van der Waals surface area contributed by atoms with E-state index in [1.165, 1.54) is 0 Å². The Morgan fingerprint density at radius 1 is 1.12 bits per heavy atom. The Balaban J connectivity index is 1.22. The molecule has 1 saturated heterocycles. The lowest BCUT2D eigenvalue weighted by Gasteiger charge is -2.59. The van der Waals surface area contributed by atoms with Crippen molar-refractivity contribution in [2.45, 2.75) is 77.7 Å². The Bertz CT molecular complexity index is 751. The molecule has 186 valence electrons. The second-order valence-electron chi connectivity index (χ2n) is 12.2. The van der Waals surface area contributed by atoms with Crippen LogP contribution in [0.4, 0.5) is 0 Å². The number of Topliss-reactive ketones (excluding diaryl/α,β-unsaturated/α-hetero) is 1. The van der Waals surface area contributed by atoms with Gasteiger partial charge in [0.2, 0.25) is 0 Å². The number of morpholine rings is 1. The van der Waals surface area contributed by atoms with Gasteiger partial charge in [-0.25, -0.2) is 0 Å². The minimum absolute atomic E-state index is 0.0264. The third-order valence-corrected chi connectivity index (χ3v) is 10.6. The molecule has 6 heteroatoms. The van der Waals surface area contributed by atoms with Crippen LogP contribution in [-0.2, 0) is 19.1 Å². The quantitative estimate of drug-likeness (QED) is 0.499. The average Bonchev–Trinajstić information content (AvgIpc) is 3.14. The second-order valence-corrected chi connectivity index (χ2v) is 12.2. The number of rotatable bonds is 5. The fraction of sp³-hybridized carbons (Fsp3) is 0.926. The van der Waals surface area contributed by atoms with Gasteiger partial charge in [0.05, 0.1) is 31.8 Å². The molecule has 1 N–H and O–H groups in total. The monoisotopic (exact) mass is 461 g/mol. The number of carbonyl (C=O) groups is 2. The Morgan fingerprint density at radius 3 is 2.70 bits per heavy atom. The zero-order valence-corrected chi connectivity index (χ0v) is 20.6. The third-order valence-electron chi connectivity index (χ3n) is 10.6. The van der Waals surface area contributed by atoms with Gasteiger partial charge >= 0.3 is 5.97 Å². The molecule has 1 heterocycles. The molecule has 1 aliphatic heterocycles. The molecular formula is C27H43NO5. The van der Waals surface area contributed by atoms with E-state index in [9.17, 15) is 14.7 Å². The first-order valence-corrected chi connectivity index (χ1v) is 13.5. The molecule has 0 aromatic carbocycles. The first kappa shape index (κ1) is 23.7. The minimum Gasteiger partial charge on any atom is -0.465 e. The number of hydrogen-bond donors (Lipinski definition) is 1. The lowest BCUT2D eigenvalue weighted by molar-refractivity contribution is -0.167. The van der Waals surface area contributed by atoms with Gasteiger partial charge in [-0.3, -0.25) is 14.5 Å². The van der Waals surface area contributed by atoms with Crippen molar-refractivity contribution in [1.82, 2.24) is 4.90 Å². The van der Waals surface area contributed by atoms with Crippen molar-refractivity contribution in [3.05, 3.63) is 0 Å². The smallest absolute Gasteiger partial charge is 0.309 e. The van der Waals surface area contributed by atoms with Crippen LogP contribution in [0.3, 0.4) is 0 Å². The van der Waals surface area contributed by atoms with Gasteiger partial charge in [-0.15, -0.1) is 0 Å². The lowest BCUT2D eigenvalue weighted by atomic mass is 9.44. The van der Waals surface area contributed by atoms with Crippen LogP contribution in [0.1, 0.15) is 71.6 Å². The Hall–Kier alpha value is -0.980. The highest BCUT2D eigenvalue weighted by Gasteiger charge is 2.64. The van der Waals surface area contributed by atoms with Crippen LogP contribution in [0.5, 0.6) is 0 Å². The molecule has 0 unspecified atom stereocenters. The highest BCUT2D eigenvalue weighted by Crippen LogP contribution is 2.66. The largest absolute Gasteiger partial charge is 0.465 e. The predicted octanol–water partition coefficient (Wildman–Crippen LogP) is 3.45. The van der Waals surface area contributed by atoms with Crippen molar-refractivity contribution in [2.24, 2.45) is 40.4 Å². The fourth-order valence-electron chi connectivity index (χ4n) is 8.82. The lowest BCUT2D eigenvalue weighted by Crippen LogP contribution is -2.58. The van der Waals surface area contributed by atoms with Gasteiger partial charge in [0.25, 0.3) is 0 Å². The molecule has 0 radical (unpaired) electrons. The molecular weight excluding hydrogens is 418 g/mol. The number of hydrogen-bond acceptors (Lipinski definition) is 6. The van der Waals surface area contributed by atoms with Crippen molar-refractivity contribution in [1.29, 1.82) is 0 Å². The van der Waals surface area contributed by atoms with Crippen molar-refractivity contribution in [2.75, 3.05) is 39.5 Å². The molecule has 33 heavy (non-hydrogen) atoms. The summed E-state index contributed by atoms with van der Waals surface area (Å²) in [7, 11) is 0. The van der Waals surface area contributed by atoms with E-state index < -0.39 is 0 Å². The number of aliphatic hydroxyl groups is 1. The number of esters is 1. The van der Waals surface area contributed by atoms with Crippen molar-refractivity contribution >= 4 is 11.8 Å². The standard InChI is InChI=1S/C27H43NO5/c1-26-9-8-19(29)16-18(26)4-5-20-21-6-7-22(27(21,2)17-23(30)24(20)26)25(31)33-13-3-10-28-11-14-32-15-12-28/h18-22,24,29H,3-17H2,1-2H3/t18-,19+,20-,21-,22+,24+,26-,27-/m0/s1. The van der Waals surface area contributed by atoms with Crippen molar-refractivity contribution in [3.63, 3.8) is 0 Å². The van der Waals surface area contributed by atoms with E-state index >= 15 is 0 Å². The molecule has 5 rings (SSSR count). The maximum Gasteiger partial charge on any atom is 0.309 e. The van der Waals surface area contributed by atoms with E-state index in [0.717, 1.165) is 84.2 Å². The molecule has 0 spiro atoms. The van der Waals surface area contributed by atoms with Crippen molar-refractivity contribution < 1.29 is 24.2 Å². The summed E-state index contributed by atoms with van der Waals surface area (Å²) in [5.41, 5.74) is -0.227. The van der Waals surface area contributed by atoms with Crippen LogP contribution < -0.4 is 0 Å². The van der Waals surface area contributed by atoms with Gasteiger partial charge in [0.1, 0.15) is 5.78 Å². The van der Waals surface area contributed by atoms with E-state index in [0.29, 0.717) is 36.6 Å². The van der Waals surface area contributed by atoms with E-state index in [1.54, 1.807) is 0 Å². The van der Waals surface area contributed by atoms with Gasteiger partial charge in [-0.2, -0.15) is 0 Å². The summed E-state index contributed by atoms with van der Waals surface area (Å²) in [6, 6.07) is 0. The average molecular weight is 462 g/mol. The van der Waals surface area contributed by atoms with E-state index in [4.69, 9.17) is 9.47 Å². The molecule has 8 atom stereocenters. The van der Waals surface area contributed by atoms with Crippen LogP contribution in [0.2, 0.25) is 0 Å². The first-order chi connectivity index (χ1) is 15.8. The molecule has 0 amide bonds. The molecule has 5 fully saturated rings. The SMILES string of the molecule is C[C@]12CC[C@@H](O)C[C@@H]1CC[C@H]1[C@@H]3CC[C@H](C(=O)OCCCN4CCOCC4)[C@@]3(C)CC(=O)[C@@H]12. The summed E-state index contributed by atoms with van der Waals surface area (Å²) >= 11 is 0. The summed E-state index contributed by atoms with van der Waals surface area (Å²) < 4.78 is 11.2. The molecule has 4 saturated carbocycles. The van der Waals surface area contributed by atoms with Crippen LogP contribution in [0.15, 0.2) is 0 Å². The van der Waals surface area contributed by atoms with Gasteiger partial charge in [-0.1, -0.05) is 13.8 Å². The maximum atomic E-state index is 13.7. The predicted molar refractivity (Wildman–Crippen MR) is 124 cm³/mol. The Kier molecular flexibility index (Phi) is 6.65. The molecule has 6 nitrogen and oxygen atoms in total. The zero-order valence-electron chi connectivity index (χ0n) is 20.6. The van der Waals surface area contributed by atoms with E-state index in [2.05, 4.69) is 18.7 Å². The van der Waals surface area contributed by atoms with Crippen LogP contribution in [-0.4, -0.2) is 67.3 Å². The van der Waals surface area contributed by atoms with Gasteiger partial charge in [0.15, 0.2) is 0 Å². The normalized spacial score (nSPS) is 45.7. The number of nitrogens with zero attached hydrogens (tertiary/aromatic N) is 1. The van der Waals surface area contributed by atoms with Crippen LogP contribution >= 0.6 is 0 Å². The second kappa shape index (κ2) is 9.23. The Labute approximate surface area is 198 Å². The summed E-state index contributed by atoms with van der Waals surface area (Å²) in [5, 5.41) is 10.2. The van der Waals surface area contributed by atoms with E-state index in [-0.39, 0.29) is 34.7 Å². The summed E-state index contributed by atoms with van der Waals surface area (Å²) in [5.74, 6) is 1.58. The number of fused-ring (bicyclic) bond motifs is 5. The fourth-order valence-corrected chi connectivity index (χ4v) is 8.82. The van der Waals surface area contributed by atoms with Gasteiger partial charge in [0, 0.05) is 32.0 Å². The molecule has 4 aliphatic carbocycles. The van der Waals surface area contributed by atoms with Gasteiger partial charge < -0.3 is 14.6 Å². The summed E-state index contributed by atoms with van der Waals surface area (Å²) in [4.78, 5) is 29.2. The van der Waals surface area contributed by atoms with Crippen LogP contribution in [0, 0.1) is 40.4 Å². The summed E-state index contributed by atoms with van der Waals surface area (Å²) in [6.45, 7) is 9.44. The third kappa shape index (κ3) is 4.18. The summed E-state index contributed by atoms with van der Waals surface area (Å²) in [6.07, 6.45) is 7.92. The number of ether oxygens (including phenoxy) is 2.